The van der Waals surface area contributed by atoms with Crippen LogP contribution < -0.4 is 0 Å². The van der Waals surface area contributed by atoms with Crippen LogP contribution in [0.15, 0.2) is 0 Å². The molecule has 1 atom stereocenters. The van der Waals surface area contributed by atoms with Gasteiger partial charge in [-0.05, 0) is 13.5 Å². The Morgan fingerprint density at radius 2 is 1.87 bits per heavy atom. The maximum Gasteiger partial charge on any atom is 0.322 e. The van der Waals surface area contributed by atoms with Gasteiger partial charge in [-0.2, -0.15) is 0 Å². The lowest BCUT2D eigenvalue weighted by atomic mass is 10.2. The molecule has 0 radical (unpaired) electrons. The summed E-state index contributed by atoms with van der Waals surface area (Å²) >= 11 is 0. The average Bonchev–Trinajstić information content (AvgIpc) is 2.27. The van der Waals surface area contributed by atoms with Crippen LogP contribution in [0.2, 0.25) is 0 Å². The van der Waals surface area contributed by atoms with Crippen LogP contribution in [0, 0.1) is 0 Å². The van der Waals surface area contributed by atoms with Crippen molar-refractivity contribution in [2.45, 2.75) is 26.3 Å². The minimum Gasteiger partial charge on any atom is -0.469 e. The van der Waals surface area contributed by atoms with Crippen LogP contribution in [0.4, 0.5) is 0 Å². The Balaban J connectivity index is 4.12. The molecule has 0 N–H and O–H groups in total. The lowest BCUT2D eigenvalue weighted by Gasteiger charge is -2.24. The van der Waals surface area contributed by atoms with E-state index in [1.54, 1.807) is 6.92 Å². The average molecular weight is 217 g/mol. The molecule has 0 aromatic heterocycles. The van der Waals surface area contributed by atoms with Crippen molar-refractivity contribution < 1.29 is 19.1 Å². The summed E-state index contributed by atoms with van der Waals surface area (Å²) in [4.78, 5) is 24.0. The van der Waals surface area contributed by atoms with Crippen LogP contribution in [0.3, 0.4) is 0 Å². The lowest BCUT2D eigenvalue weighted by molar-refractivity contribution is -0.148. The molecule has 0 aliphatic carbocycles. The summed E-state index contributed by atoms with van der Waals surface area (Å²) < 4.78 is 9.16. The maximum atomic E-state index is 11.2. The van der Waals surface area contributed by atoms with Crippen molar-refractivity contribution in [1.82, 2.24) is 4.90 Å². The molecule has 5 nitrogen and oxygen atoms in total. The molecule has 0 rings (SSSR count). The second-order valence-corrected chi connectivity index (χ2v) is 3.15. The summed E-state index contributed by atoms with van der Waals surface area (Å²) in [5, 5.41) is 0. The fraction of sp³-hybridized carbons (Fsp3) is 0.800. The molecule has 0 saturated heterocycles. The SMILES string of the molecule is CCN(CCC(=O)OC)C(C)C(=O)OC. The smallest absolute Gasteiger partial charge is 0.322 e. The van der Waals surface area contributed by atoms with Crippen molar-refractivity contribution in [3.8, 4) is 0 Å². The van der Waals surface area contributed by atoms with E-state index in [-0.39, 0.29) is 24.4 Å². The quantitative estimate of drug-likeness (QED) is 0.604. The van der Waals surface area contributed by atoms with Gasteiger partial charge in [0.05, 0.1) is 20.6 Å². The van der Waals surface area contributed by atoms with Crippen molar-refractivity contribution in [2.75, 3.05) is 27.3 Å². The van der Waals surface area contributed by atoms with Gasteiger partial charge in [-0.1, -0.05) is 6.92 Å². The maximum absolute atomic E-state index is 11.2. The third-order valence-corrected chi connectivity index (χ3v) is 2.33. The fourth-order valence-electron chi connectivity index (χ4n) is 1.28. The molecule has 0 bridgehead atoms. The second-order valence-electron chi connectivity index (χ2n) is 3.15. The van der Waals surface area contributed by atoms with E-state index >= 15 is 0 Å². The summed E-state index contributed by atoms with van der Waals surface area (Å²) in [7, 11) is 2.70. The molecule has 15 heavy (non-hydrogen) atoms. The molecular weight excluding hydrogens is 198 g/mol. The third-order valence-electron chi connectivity index (χ3n) is 2.33. The van der Waals surface area contributed by atoms with Gasteiger partial charge < -0.3 is 9.47 Å². The van der Waals surface area contributed by atoms with Crippen LogP contribution in [0.5, 0.6) is 0 Å². The van der Waals surface area contributed by atoms with Gasteiger partial charge in [-0.15, -0.1) is 0 Å². The van der Waals surface area contributed by atoms with E-state index in [1.165, 1.54) is 14.2 Å². The van der Waals surface area contributed by atoms with E-state index in [4.69, 9.17) is 0 Å². The minimum absolute atomic E-state index is 0.273. The molecular formula is C10H19NO4. The van der Waals surface area contributed by atoms with Gasteiger partial charge in [0.1, 0.15) is 6.04 Å². The largest absolute Gasteiger partial charge is 0.469 e. The Morgan fingerprint density at radius 3 is 2.27 bits per heavy atom. The van der Waals surface area contributed by atoms with Crippen LogP contribution in [-0.4, -0.2) is 50.2 Å². The summed E-state index contributed by atoms with van der Waals surface area (Å²) in [6, 6.07) is -0.329. The predicted octanol–water partition coefficient (Wildman–Crippen LogP) is 0.433. The molecule has 0 amide bonds. The highest BCUT2D eigenvalue weighted by Gasteiger charge is 2.20. The van der Waals surface area contributed by atoms with Crippen LogP contribution in [-0.2, 0) is 19.1 Å². The number of carbonyl (C=O) groups excluding carboxylic acids is 2. The minimum atomic E-state index is -0.329. The van der Waals surface area contributed by atoms with Gasteiger partial charge in [0.2, 0.25) is 0 Å². The zero-order chi connectivity index (χ0) is 11.8. The van der Waals surface area contributed by atoms with Crippen LogP contribution in [0.1, 0.15) is 20.3 Å². The second kappa shape index (κ2) is 7.23. The first-order chi connectivity index (χ1) is 7.06. The number of nitrogens with zero attached hydrogens (tertiary/aromatic N) is 1. The van der Waals surface area contributed by atoms with E-state index in [2.05, 4.69) is 9.47 Å². The number of methoxy groups -OCH3 is 2. The first-order valence-corrected chi connectivity index (χ1v) is 4.95. The predicted molar refractivity (Wildman–Crippen MR) is 55.4 cm³/mol. The number of carbonyl (C=O) groups is 2. The molecule has 0 spiro atoms. The molecule has 0 aromatic carbocycles. The van der Waals surface area contributed by atoms with Gasteiger partial charge in [-0.25, -0.2) is 0 Å². The third kappa shape index (κ3) is 4.78. The number of hydrogen-bond acceptors (Lipinski definition) is 5. The van der Waals surface area contributed by atoms with Gasteiger partial charge in [-0.3, -0.25) is 14.5 Å². The van der Waals surface area contributed by atoms with E-state index < -0.39 is 0 Å². The Labute approximate surface area is 90.3 Å². The zero-order valence-electron chi connectivity index (χ0n) is 9.78. The Morgan fingerprint density at radius 1 is 1.27 bits per heavy atom. The number of esters is 2. The topological polar surface area (TPSA) is 55.8 Å². The molecule has 0 heterocycles. The first kappa shape index (κ1) is 13.9. The normalized spacial score (nSPS) is 12.3. The summed E-state index contributed by atoms with van der Waals surface area (Å²) in [6.45, 7) is 4.87. The Hall–Kier alpha value is -1.10. The van der Waals surface area contributed by atoms with E-state index in [1.807, 2.05) is 11.8 Å². The van der Waals surface area contributed by atoms with E-state index in [9.17, 15) is 9.59 Å². The molecule has 0 saturated carbocycles. The molecule has 0 aromatic rings. The van der Waals surface area contributed by atoms with Crippen LogP contribution >= 0.6 is 0 Å². The van der Waals surface area contributed by atoms with Gasteiger partial charge >= 0.3 is 11.9 Å². The molecule has 1 unspecified atom stereocenters. The highest BCUT2D eigenvalue weighted by atomic mass is 16.5. The van der Waals surface area contributed by atoms with Crippen molar-refractivity contribution in [1.29, 1.82) is 0 Å². The Bertz CT molecular complexity index is 217. The van der Waals surface area contributed by atoms with Crippen molar-refractivity contribution in [3.63, 3.8) is 0 Å². The number of ether oxygens (including phenoxy) is 2. The highest BCUT2D eigenvalue weighted by Crippen LogP contribution is 2.02. The number of hydrogen-bond donors (Lipinski definition) is 0. The van der Waals surface area contributed by atoms with Crippen molar-refractivity contribution >= 4 is 11.9 Å². The standard InChI is InChI=1S/C10H19NO4/c1-5-11(7-6-9(12)14-3)8(2)10(13)15-4/h8H,5-7H2,1-4H3. The molecule has 0 fully saturated rings. The highest BCUT2D eigenvalue weighted by molar-refractivity contribution is 5.75. The summed E-state index contributed by atoms with van der Waals surface area (Å²) in [5.74, 6) is -0.563. The van der Waals surface area contributed by atoms with Gasteiger partial charge in [0.25, 0.3) is 0 Å². The van der Waals surface area contributed by atoms with Crippen molar-refractivity contribution in [2.24, 2.45) is 0 Å². The summed E-state index contributed by atoms with van der Waals surface area (Å²) in [5.41, 5.74) is 0. The monoisotopic (exact) mass is 217 g/mol. The molecule has 5 heteroatoms. The van der Waals surface area contributed by atoms with Crippen LogP contribution in [0.25, 0.3) is 0 Å². The fourth-order valence-corrected chi connectivity index (χ4v) is 1.28. The number of rotatable bonds is 6. The molecule has 88 valence electrons. The van der Waals surface area contributed by atoms with E-state index in [0.717, 1.165) is 0 Å². The van der Waals surface area contributed by atoms with Gasteiger partial charge in [0, 0.05) is 6.54 Å². The summed E-state index contributed by atoms with van der Waals surface area (Å²) in [6.07, 6.45) is 0.283. The molecule has 0 aliphatic rings. The van der Waals surface area contributed by atoms with E-state index in [0.29, 0.717) is 13.1 Å². The van der Waals surface area contributed by atoms with Crippen molar-refractivity contribution in [3.05, 3.63) is 0 Å². The molecule has 0 aliphatic heterocycles. The lowest BCUT2D eigenvalue weighted by Crippen LogP contribution is -2.40. The number of likely N-dealkylation sites (N-methyl/N-ethyl adjacent to an activating group) is 1. The zero-order valence-corrected chi connectivity index (χ0v) is 9.78. The Kier molecular flexibility index (Phi) is 6.70. The first-order valence-electron chi connectivity index (χ1n) is 4.95. The van der Waals surface area contributed by atoms with Gasteiger partial charge in [0.15, 0.2) is 0 Å².